The second kappa shape index (κ2) is 7.38. The van der Waals surface area contributed by atoms with Crippen LogP contribution in [0.1, 0.15) is 33.1 Å². The van der Waals surface area contributed by atoms with Gasteiger partial charge in [0.25, 0.3) is 10.2 Å². The highest BCUT2D eigenvalue weighted by Crippen LogP contribution is 2.29. The Hall–Kier alpha value is -0.430. The van der Waals surface area contributed by atoms with Crippen molar-refractivity contribution >= 4 is 10.2 Å². The molecule has 0 radical (unpaired) electrons. The van der Waals surface area contributed by atoms with Crippen LogP contribution in [0, 0.1) is 0 Å². The topological polar surface area (TPSA) is 52.7 Å². The molecule has 0 aromatic carbocycles. The van der Waals surface area contributed by atoms with Gasteiger partial charge in [-0.25, -0.2) is 0 Å². The summed E-state index contributed by atoms with van der Waals surface area (Å²) in [6.07, 6.45) is 4.41. The zero-order chi connectivity index (χ0) is 14.5. The number of nitrogens with one attached hydrogen (secondary N) is 1. The molecule has 1 aliphatic rings. The maximum atomic E-state index is 12.4. The van der Waals surface area contributed by atoms with Crippen molar-refractivity contribution in [3.8, 4) is 0 Å². The van der Waals surface area contributed by atoms with Crippen molar-refractivity contribution in [1.29, 1.82) is 0 Å². The molecule has 0 saturated heterocycles. The van der Waals surface area contributed by atoms with Crippen LogP contribution in [-0.2, 0) is 10.2 Å². The second-order valence-electron chi connectivity index (χ2n) is 5.38. The first-order valence-corrected chi connectivity index (χ1v) is 8.36. The fourth-order valence-electron chi connectivity index (χ4n) is 1.91. The van der Waals surface area contributed by atoms with Crippen molar-refractivity contribution in [1.82, 2.24) is 13.9 Å². The third-order valence-corrected chi connectivity index (χ3v) is 5.17. The van der Waals surface area contributed by atoms with Crippen molar-refractivity contribution in [2.24, 2.45) is 0 Å². The van der Waals surface area contributed by atoms with Gasteiger partial charge in [-0.05, 0) is 25.8 Å². The first kappa shape index (κ1) is 16.6. The Morgan fingerprint density at radius 1 is 1.42 bits per heavy atom. The van der Waals surface area contributed by atoms with E-state index in [4.69, 9.17) is 0 Å². The van der Waals surface area contributed by atoms with Gasteiger partial charge in [0.15, 0.2) is 0 Å². The molecule has 0 heterocycles. The normalized spacial score (nSPS) is 16.5. The highest BCUT2D eigenvalue weighted by Gasteiger charge is 2.38. The van der Waals surface area contributed by atoms with Crippen LogP contribution in [0.2, 0.25) is 0 Å². The summed E-state index contributed by atoms with van der Waals surface area (Å²) in [6.45, 7) is 9.59. The Morgan fingerprint density at radius 3 is 2.53 bits per heavy atom. The third-order valence-electron chi connectivity index (χ3n) is 3.16. The molecule has 0 aromatic heterocycles. The standard InChI is InChI=1S/C13H27N3O2S/c1-5-10-16(13-7-8-13)19(17,18)15(4)11-6-9-14-12(2)3/h5,12-14H,1,6-11H2,2-4H3. The minimum atomic E-state index is -3.33. The summed E-state index contributed by atoms with van der Waals surface area (Å²) in [4.78, 5) is 0. The summed E-state index contributed by atoms with van der Waals surface area (Å²) < 4.78 is 27.8. The summed E-state index contributed by atoms with van der Waals surface area (Å²) in [5.74, 6) is 0. The first-order valence-electron chi connectivity index (χ1n) is 6.97. The molecule has 0 amide bonds. The van der Waals surface area contributed by atoms with Crippen LogP contribution in [-0.4, -0.2) is 55.8 Å². The molecule has 5 nitrogen and oxygen atoms in total. The average Bonchev–Trinajstić information content (AvgIpc) is 3.14. The summed E-state index contributed by atoms with van der Waals surface area (Å²) in [7, 11) is -1.68. The van der Waals surface area contributed by atoms with Crippen molar-refractivity contribution < 1.29 is 8.42 Å². The predicted molar refractivity (Wildman–Crippen MR) is 79.2 cm³/mol. The Bertz CT molecular complexity index is 377. The first-order chi connectivity index (χ1) is 8.89. The number of hydrogen-bond donors (Lipinski definition) is 1. The van der Waals surface area contributed by atoms with Crippen LogP contribution >= 0.6 is 0 Å². The maximum Gasteiger partial charge on any atom is 0.282 e. The molecule has 1 N–H and O–H groups in total. The molecule has 1 saturated carbocycles. The summed E-state index contributed by atoms with van der Waals surface area (Å²) in [5, 5.41) is 3.29. The molecular formula is C13H27N3O2S. The van der Waals surface area contributed by atoms with Crippen molar-refractivity contribution in [2.75, 3.05) is 26.7 Å². The van der Waals surface area contributed by atoms with Gasteiger partial charge in [-0.3, -0.25) is 0 Å². The van der Waals surface area contributed by atoms with Crippen LogP contribution in [0.15, 0.2) is 12.7 Å². The molecule has 19 heavy (non-hydrogen) atoms. The lowest BCUT2D eigenvalue weighted by Crippen LogP contribution is -2.44. The summed E-state index contributed by atoms with van der Waals surface area (Å²) in [6, 6.07) is 0.616. The molecule has 1 rings (SSSR count). The average molecular weight is 289 g/mol. The fourth-order valence-corrected chi connectivity index (χ4v) is 3.51. The van der Waals surface area contributed by atoms with E-state index in [2.05, 4.69) is 25.7 Å². The number of rotatable bonds is 10. The van der Waals surface area contributed by atoms with Gasteiger partial charge >= 0.3 is 0 Å². The van der Waals surface area contributed by atoms with Gasteiger partial charge in [0, 0.05) is 32.2 Å². The van der Waals surface area contributed by atoms with Crippen molar-refractivity contribution in [2.45, 2.75) is 45.2 Å². The SMILES string of the molecule is C=CCN(C1CC1)S(=O)(=O)N(C)CCCNC(C)C. The minimum Gasteiger partial charge on any atom is -0.314 e. The highest BCUT2D eigenvalue weighted by atomic mass is 32.2. The molecule has 6 heteroatoms. The number of hydrogen-bond acceptors (Lipinski definition) is 3. The molecule has 0 aliphatic heterocycles. The minimum absolute atomic E-state index is 0.180. The lowest BCUT2D eigenvalue weighted by molar-refractivity contribution is 0.366. The molecule has 112 valence electrons. The van der Waals surface area contributed by atoms with E-state index in [9.17, 15) is 8.42 Å². The molecule has 0 atom stereocenters. The Labute approximate surface area is 117 Å². The zero-order valence-electron chi connectivity index (χ0n) is 12.3. The molecule has 0 spiro atoms. The van der Waals surface area contributed by atoms with E-state index in [-0.39, 0.29) is 6.04 Å². The van der Waals surface area contributed by atoms with Crippen molar-refractivity contribution in [3.63, 3.8) is 0 Å². The zero-order valence-corrected chi connectivity index (χ0v) is 13.1. The van der Waals surface area contributed by atoms with Crippen LogP contribution in [0.25, 0.3) is 0 Å². The summed E-state index contributed by atoms with van der Waals surface area (Å²) in [5.41, 5.74) is 0. The molecule has 0 unspecified atom stereocenters. The van der Waals surface area contributed by atoms with Gasteiger partial charge in [0.1, 0.15) is 0 Å². The maximum absolute atomic E-state index is 12.4. The molecule has 0 bridgehead atoms. The van der Waals surface area contributed by atoms with Gasteiger partial charge in [-0.2, -0.15) is 17.0 Å². The Balaban J connectivity index is 2.47. The molecular weight excluding hydrogens is 262 g/mol. The van der Waals surface area contributed by atoms with E-state index in [0.29, 0.717) is 19.1 Å². The van der Waals surface area contributed by atoms with E-state index in [0.717, 1.165) is 25.8 Å². The van der Waals surface area contributed by atoms with Gasteiger partial charge in [-0.15, -0.1) is 6.58 Å². The van der Waals surface area contributed by atoms with Crippen molar-refractivity contribution in [3.05, 3.63) is 12.7 Å². The van der Waals surface area contributed by atoms with E-state index >= 15 is 0 Å². The van der Waals surface area contributed by atoms with E-state index in [1.165, 1.54) is 4.31 Å². The van der Waals surface area contributed by atoms with E-state index in [1.54, 1.807) is 17.4 Å². The molecule has 1 aliphatic carbocycles. The lowest BCUT2D eigenvalue weighted by atomic mass is 10.3. The predicted octanol–water partition coefficient (Wildman–Crippen LogP) is 1.20. The quantitative estimate of drug-likeness (QED) is 0.486. The number of nitrogens with zero attached hydrogens (tertiary/aromatic N) is 2. The second-order valence-corrected chi connectivity index (χ2v) is 7.37. The largest absolute Gasteiger partial charge is 0.314 e. The van der Waals surface area contributed by atoms with Crippen LogP contribution in [0.5, 0.6) is 0 Å². The smallest absolute Gasteiger partial charge is 0.282 e. The highest BCUT2D eigenvalue weighted by molar-refractivity contribution is 7.86. The third kappa shape index (κ3) is 5.22. The molecule has 1 fully saturated rings. The Kier molecular flexibility index (Phi) is 6.46. The lowest BCUT2D eigenvalue weighted by Gasteiger charge is -2.26. The van der Waals surface area contributed by atoms with Crippen LogP contribution in [0.3, 0.4) is 0 Å². The summed E-state index contributed by atoms with van der Waals surface area (Å²) >= 11 is 0. The van der Waals surface area contributed by atoms with Gasteiger partial charge in [-0.1, -0.05) is 19.9 Å². The van der Waals surface area contributed by atoms with Crippen LogP contribution in [0.4, 0.5) is 0 Å². The van der Waals surface area contributed by atoms with E-state index < -0.39 is 10.2 Å². The van der Waals surface area contributed by atoms with Gasteiger partial charge in [0.2, 0.25) is 0 Å². The fraction of sp³-hybridized carbons (Fsp3) is 0.846. The van der Waals surface area contributed by atoms with Gasteiger partial charge < -0.3 is 5.32 Å². The van der Waals surface area contributed by atoms with E-state index in [1.807, 2.05) is 0 Å². The van der Waals surface area contributed by atoms with Gasteiger partial charge in [0.05, 0.1) is 0 Å². The van der Waals surface area contributed by atoms with Crippen LogP contribution < -0.4 is 5.32 Å². The Morgan fingerprint density at radius 2 is 2.05 bits per heavy atom. The monoisotopic (exact) mass is 289 g/mol. The molecule has 0 aromatic rings.